The van der Waals surface area contributed by atoms with Crippen LogP contribution in [0.25, 0.3) is 43.8 Å². The number of aryl methyl sites for hydroxylation is 2. The number of nitrogens with zero attached hydrogens (tertiary/aromatic N) is 1. The van der Waals surface area contributed by atoms with E-state index in [9.17, 15) is 0 Å². The lowest BCUT2D eigenvalue weighted by Crippen LogP contribution is -2.58. The molecule has 1 nitrogen and oxygen atoms in total. The van der Waals surface area contributed by atoms with Crippen LogP contribution < -0.4 is 16.4 Å². The number of hydrogen-bond acceptors (Lipinski definition) is 1. The molecule has 4 aromatic carbocycles. The summed E-state index contributed by atoms with van der Waals surface area (Å²) in [5.41, 5.74) is 12.4. The Labute approximate surface area is 170 Å². The van der Waals surface area contributed by atoms with Gasteiger partial charge in [0.25, 0.3) is 0 Å². The van der Waals surface area contributed by atoms with Gasteiger partial charge in [-0.1, -0.05) is 88.2 Å². The van der Waals surface area contributed by atoms with Gasteiger partial charge in [0.1, 0.15) is 0 Å². The topological polar surface area (TPSA) is 12.9 Å². The highest BCUT2D eigenvalue weighted by Crippen LogP contribution is 2.38. The van der Waals surface area contributed by atoms with Crippen LogP contribution in [0.4, 0.5) is 0 Å². The van der Waals surface area contributed by atoms with Crippen molar-refractivity contribution < 1.29 is 0 Å². The Hall–Kier alpha value is -3.39. The Morgan fingerprint density at radius 1 is 0.552 bits per heavy atom. The minimum Gasteiger partial charge on any atom is -0.263 e. The minimum atomic E-state index is 0.264. The van der Waals surface area contributed by atoms with Crippen LogP contribution in [-0.4, -0.2) is 11.7 Å². The van der Waals surface area contributed by atoms with Gasteiger partial charge in [-0.2, -0.15) is 0 Å². The molecule has 5 aromatic rings. The van der Waals surface area contributed by atoms with Gasteiger partial charge < -0.3 is 0 Å². The van der Waals surface area contributed by atoms with Crippen LogP contribution in [0, 0.1) is 13.8 Å². The second-order valence-electron chi connectivity index (χ2n) is 8.48. The van der Waals surface area contributed by atoms with E-state index in [1.807, 2.05) is 0 Å². The van der Waals surface area contributed by atoms with E-state index in [-0.39, 0.29) is 6.71 Å². The molecule has 0 saturated heterocycles. The van der Waals surface area contributed by atoms with Crippen LogP contribution in [-0.2, 0) is 0 Å². The van der Waals surface area contributed by atoms with Crippen molar-refractivity contribution in [3.05, 3.63) is 84.2 Å². The van der Waals surface area contributed by atoms with Gasteiger partial charge in [-0.25, -0.2) is 0 Å². The van der Waals surface area contributed by atoms with Gasteiger partial charge in [0.2, 0.25) is 6.71 Å². The predicted octanol–water partition coefficient (Wildman–Crippen LogP) is 4.48. The second-order valence-corrected chi connectivity index (χ2v) is 8.48. The van der Waals surface area contributed by atoms with Crippen molar-refractivity contribution in [2.75, 3.05) is 0 Å². The van der Waals surface area contributed by atoms with Gasteiger partial charge in [0.15, 0.2) is 0 Å². The lowest BCUT2D eigenvalue weighted by atomic mass is 9.30. The summed E-state index contributed by atoms with van der Waals surface area (Å²) in [5, 5.41) is 5.45. The van der Waals surface area contributed by atoms with Crippen molar-refractivity contribution in [1.82, 2.24) is 4.98 Å². The maximum atomic E-state index is 4.70. The molecule has 134 valence electrons. The second kappa shape index (κ2) is 5.15. The van der Waals surface area contributed by atoms with Gasteiger partial charge in [0, 0.05) is 12.4 Å². The molecule has 0 bridgehead atoms. The molecule has 2 aliphatic rings. The minimum absolute atomic E-state index is 0.264. The Morgan fingerprint density at radius 2 is 1.07 bits per heavy atom. The first-order valence-electron chi connectivity index (χ1n) is 10.3. The fourth-order valence-electron chi connectivity index (χ4n) is 5.86. The summed E-state index contributed by atoms with van der Waals surface area (Å²) >= 11 is 0. The molecule has 0 fully saturated rings. The molecule has 1 aromatic heterocycles. The molecule has 3 heterocycles. The summed E-state index contributed by atoms with van der Waals surface area (Å²) in [7, 11) is 0. The molecule has 0 aliphatic carbocycles. The lowest BCUT2D eigenvalue weighted by Gasteiger charge is -2.35. The van der Waals surface area contributed by atoms with Crippen LogP contribution in [0.5, 0.6) is 0 Å². The number of benzene rings is 4. The predicted molar refractivity (Wildman–Crippen MR) is 124 cm³/mol. The van der Waals surface area contributed by atoms with Crippen LogP contribution >= 0.6 is 0 Å². The van der Waals surface area contributed by atoms with Gasteiger partial charge in [-0.3, -0.25) is 4.98 Å². The SMILES string of the molecule is Cc1ccc2cccc3c2c1B1c2c-3cncc2-c2cccc3ccc(C)c1c23. The first kappa shape index (κ1) is 15.5. The van der Waals surface area contributed by atoms with E-state index >= 15 is 0 Å². The van der Waals surface area contributed by atoms with Crippen molar-refractivity contribution in [1.29, 1.82) is 0 Å². The fraction of sp³-hybridized carbons (Fsp3) is 0.0741. The zero-order valence-corrected chi connectivity index (χ0v) is 16.5. The third kappa shape index (κ3) is 1.76. The van der Waals surface area contributed by atoms with E-state index in [4.69, 9.17) is 4.98 Å². The Balaban J connectivity index is 1.80. The van der Waals surface area contributed by atoms with Crippen LogP contribution in [0.2, 0.25) is 0 Å². The normalized spacial score (nSPS) is 13.1. The molecule has 0 atom stereocenters. The molecule has 0 radical (unpaired) electrons. The van der Waals surface area contributed by atoms with Crippen molar-refractivity contribution in [3.63, 3.8) is 0 Å². The Kier molecular flexibility index (Phi) is 2.76. The number of pyridine rings is 1. The molecule has 0 N–H and O–H groups in total. The van der Waals surface area contributed by atoms with Crippen LogP contribution in [0.1, 0.15) is 11.1 Å². The third-order valence-electron chi connectivity index (χ3n) is 7.04. The molecule has 7 rings (SSSR count). The summed E-state index contributed by atoms with van der Waals surface area (Å²) in [4.78, 5) is 4.70. The highest BCUT2D eigenvalue weighted by Gasteiger charge is 2.39. The zero-order chi connectivity index (χ0) is 19.3. The van der Waals surface area contributed by atoms with Gasteiger partial charge in [-0.05, 0) is 57.6 Å². The Morgan fingerprint density at radius 3 is 1.59 bits per heavy atom. The van der Waals surface area contributed by atoms with Crippen LogP contribution in [0.3, 0.4) is 0 Å². The van der Waals surface area contributed by atoms with Gasteiger partial charge >= 0.3 is 0 Å². The number of hydrogen-bond donors (Lipinski definition) is 0. The van der Waals surface area contributed by atoms with E-state index in [0.29, 0.717) is 0 Å². The quantitative estimate of drug-likeness (QED) is 0.360. The summed E-state index contributed by atoms with van der Waals surface area (Å²) in [5.74, 6) is 0. The summed E-state index contributed by atoms with van der Waals surface area (Å²) in [6.45, 7) is 4.81. The molecule has 0 spiro atoms. The molecular weight excluding hydrogens is 349 g/mol. The molecule has 0 amide bonds. The number of rotatable bonds is 0. The maximum Gasteiger partial charge on any atom is 0.245 e. The molecule has 29 heavy (non-hydrogen) atoms. The first-order valence-corrected chi connectivity index (χ1v) is 10.3. The third-order valence-corrected chi connectivity index (χ3v) is 7.04. The first-order chi connectivity index (χ1) is 14.2. The van der Waals surface area contributed by atoms with Crippen molar-refractivity contribution >= 4 is 44.6 Å². The van der Waals surface area contributed by atoms with Crippen molar-refractivity contribution in [2.45, 2.75) is 13.8 Å². The van der Waals surface area contributed by atoms with Crippen LogP contribution in [0.15, 0.2) is 73.1 Å². The number of fused-ring (bicyclic) bond motifs is 4. The number of aromatic nitrogens is 1. The average molecular weight is 367 g/mol. The lowest BCUT2D eigenvalue weighted by molar-refractivity contribution is 1.34. The summed E-state index contributed by atoms with van der Waals surface area (Å²) in [6, 6.07) is 22.5. The van der Waals surface area contributed by atoms with Crippen molar-refractivity contribution in [3.8, 4) is 22.3 Å². The van der Waals surface area contributed by atoms with Gasteiger partial charge in [0.05, 0.1) is 0 Å². The molecule has 2 aliphatic heterocycles. The monoisotopic (exact) mass is 367 g/mol. The van der Waals surface area contributed by atoms with E-state index in [1.165, 1.54) is 71.3 Å². The standard InChI is InChI=1S/C27H18BN/c1-15-9-11-17-5-3-7-19-21-13-29-14-22-20-8-4-6-18-12-10-16(2)26(24(18)20)28(27(21)22)25(15)23(17)19/h3-14H,1-2H3. The largest absolute Gasteiger partial charge is 0.263 e. The van der Waals surface area contributed by atoms with E-state index in [0.717, 1.165) is 0 Å². The highest BCUT2D eigenvalue weighted by molar-refractivity contribution is 7.02. The van der Waals surface area contributed by atoms with Gasteiger partial charge in [-0.15, -0.1) is 0 Å². The highest BCUT2D eigenvalue weighted by atomic mass is 14.6. The van der Waals surface area contributed by atoms with Crippen molar-refractivity contribution in [2.24, 2.45) is 0 Å². The molecular formula is C27H18BN. The molecule has 2 heteroatoms. The smallest absolute Gasteiger partial charge is 0.245 e. The molecule has 0 unspecified atom stereocenters. The van der Waals surface area contributed by atoms with E-state index in [2.05, 4.69) is 86.9 Å². The fourth-order valence-corrected chi connectivity index (χ4v) is 5.86. The molecule has 0 saturated carbocycles. The van der Waals surface area contributed by atoms with E-state index < -0.39 is 0 Å². The average Bonchev–Trinajstić information content (AvgIpc) is 2.76. The zero-order valence-electron chi connectivity index (χ0n) is 16.5. The Bertz CT molecular complexity index is 1420. The summed E-state index contributed by atoms with van der Waals surface area (Å²) < 4.78 is 0. The summed E-state index contributed by atoms with van der Waals surface area (Å²) in [6.07, 6.45) is 4.16. The maximum absolute atomic E-state index is 4.70. The van der Waals surface area contributed by atoms with E-state index in [1.54, 1.807) is 0 Å².